The second-order valence-corrected chi connectivity index (χ2v) is 10.5. The number of aliphatic imine (C=N–C) groups is 1. The van der Waals surface area contributed by atoms with E-state index < -0.39 is 36.6 Å². The van der Waals surface area contributed by atoms with Crippen LogP contribution in [0.15, 0.2) is 29.3 Å². The second-order valence-electron chi connectivity index (χ2n) is 10.1. The van der Waals surface area contributed by atoms with Gasteiger partial charge < -0.3 is 46.3 Å². The number of aliphatic hydroxyl groups excluding tert-OH is 3. The van der Waals surface area contributed by atoms with Gasteiger partial charge in [-0.25, -0.2) is 9.97 Å². The minimum Gasteiger partial charge on any atom is -0.492 e. The van der Waals surface area contributed by atoms with Crippen molar-refractivity contribution < 1.29 is 34.3 Å². The number of amides is 1. The van der Waals surface area contributed by atoms with Crippen LogP contribution in [0.3, 0.4) is 0 Å². The molecule has 1 amide bonds. The number of hydrogen-bond acceptors (Lipinski definition) is 11. The van der Waals surface area contributed by atoms with Crippen LogP contribution in [-0.2, 0) is 15.9 Å². The SMILES string of the molecule is Cc1nc(N)c(C(=O)N=C(N)CCCCCc2ccc(OCCNC[C@H](O)[C@@H](O)[C@H](O)[C@H]3CO[C@@H](C)O3)cc2)nc1Cl. The van der Waals surface area contributed by atoms with E-state index in [0.717, 1.165) is 31.4 Å². The van der Waals surface area contributed by atoms with E-state index in [-0.39, 0.29) is 35.7 Å². The summed E-state index contributed by atoms with van der Waals surface area (Å²) < 4.78 is 16.3. The molecule has 0 bridgehead atoms. The number of rotatable bonds is 16. The monoisotopic (exact) mass is 608 g/mol. The van der Waals surface area contributed by atoms with Gasteiger partial charge in [-0.3, -0.25) is 4.79 Å². The van der Waals surface area contributed by atoms with Gasteiger partial charge >= 0.3 is 5.91 Å². The third-order valence-electron chi connectivity index (χ3n) is 6.70. The zero-order chi connectivity index (χ0) is 30.6. The maximum atomic E-state index is 12.3. The number of aliphatic hydroxyl groups is 3. The fourth-order valence-electron chi connectivity index (χ4n) is 4.27. The average molecular weight is 609 g/mol. The predicted molar refractivity (Wildman–Crippen MR) is 157 cm³/mol. The van der Waals surface area contributed by atoms with Gasteiger partial charge in [-0.1, -0.05) is 30.2 Å². The maximum absolute atomic E-state index is 12.3. The van der Waals surface area contributed by atoms with Crippen LogP contribution in [0.5, 0.6) is 5.75 Å². The number of carbonyl (C=O) groups excluding carboxylic acids is 1. The summed E-state index contributed by atoms with van der Waals surface area (Å²) in [7, 11) is 0. The van der Waals surface area contributed by atoms with Gasteiger partial charge in [0.1, 0.15) is 36.5 Å². The number of aryl methyl sites for hydroxylation is 2. The number of ether oxygens (including phenoxy) is 3. The number of hydrogen-bond donors (Lipinski definition) is 6. The lowest BCUT2D eigenvalue weighted by molar-refractivity contribution is -0.122. The Kier molecular flexibility index (Phi) is 13.3. The van der Waals surface area contributed by atoms with Crippen LogP contribution < -0.4 is 21.5 Å². The quantitative estimate of drug-likeness (QED) is 0.0900. The first-order chi connectivity index (χ1) is 20.0. The fourth-order valence-corrected chi connectivity index (χ4v) is 4.40. The van der Waals surface area contributed by atoms with Crippen LogP contribution in [0, 0.1) is 6.92 Å². The first kappa shape index (κ1) is 33.6. The van der Waals surface area contributed by atoms with Crippen molar-refractivity contribution in [2.24, 2.45) is 10.7 Å². The molecule has 42 heavy (non-hydrogen) atoms. The van der Waals surface area contributed by atoms with Crippen LogP contribution in [0.1, 0.15) is 54.4 Å². The highest BCUT2D eigenvalue weighted by molar-refractivity contribution is 6.30. The van der Waals surface area contributed by atoms with Gasteiger partial charge in [0.25, 0.3) is 0 Å². The third kappa shape index (κ3) is 10.4. The molecule has 8 N–H and O–H groups in total. The van der Waals surface area contributed by atoms with E-state index in [9.17, 15) is 20.1 Å². The molecular formula is C28H41ClN6O7. The highest BCUT2D eigenvalue weighted by Gasteiger charge is 2.36. The Bertz CT molecular complexity index is 1190. The number of benzene rings is 1. The van der Waals surface area contributed by atoms with E-state index in [1.54, 1.807) is 13.8 Å². The van der Waals surface area contributed by atoms with E-state index in [4.69, 9.17) is 37.3 Å². The molecule has 13 nitrogen and oxygen atoms in total. The van der Waals surface area contributed by atoms with Crippen molar-refractivity contribution in [1.29, 1.82) is 0 Å². The van der Waals surface area contributed by atoms with Gasteiger partial charge in [0.05, 0.1) is 18.4 Å². The van der Waals surface area contributed by atoms with Crippen molar-refractivity contribution in [3.05, 3.63) is 46.4 Å². The Morgan fingerprint density at radius 2 is 1.95 bits per heavy atom. The summed E-state index contributed by atoms with van der Waals surface area (Å²) in [4.78, 5) is 24.1. The summed E-state index contributed by atoms with van der Waals surface area (Å²) in [5.74, 6) is 0.235. The Labute approximate surface area is 250 Å². The lowest BCUT2D eigenvalue weighted by Gasteiger charge is -2.26. The number of aromatic nitrogens is 2. The zero-order valence-corrected chi connectivity index (χ0v) is 24.7. The molecular weight excluding hydrogens is 568 g/mol. The van der Waals surface area contributed by atoms with Crippen LogP contribution in [0.25, 0.3) is 0 Å². The number of nitrogen functional groups attached to an aromatic ring is 1. The summed E-state index contributed by atoms with van der Waals surface area (Å²) in [5, 5.41) is 33.6. The van der Waals surface area contributed by atoms with Crippen LogP contribution in [0.4, 0.5) is 5.82 Å². The van der Waals surface area contributed by atoms with Gasteiger partial charge in [-0.05, 0) is 50.8 Å². The minimum absolute atomic E-state index is 0.0313. The first-order valence-corrected chi connectivity index (χ1v) is 14.3. The molecule has 0 saturated carbocycles. The molecule has 2 aromatic rings. The Balaban J connectivity index is 1.27. The number of nitrogens with zero attached hydrogens (tertiary/aromatic N) is 3. The van der Waals surface area contributed by atoms with E-state index in [1.165, 1.54) is 5.56 Å². The smallest absolute Gasteiger partial charge is 0.301 e. The van der Waals surface area contributed by atoms with Crippen LogP contribution in [-0.4, -0.2) is 94.0 Å². The molecule has 1 aliphatic rings. The van der Waals surface area contributed by atoms with Crippen molar-refractivity contribution in [2.45, 2.75) is 76.7 Å². The van der Waals surface area contributed by atoms with Gasteiger partial charge in [0, 0.05) is 19.5 Å². The average Bonchev–Trinajstić information content (AvgIpc) is 3.40. The zero-order valence-electron chi connectivity index (χ0n) is 23.9. The topological polar surface area (TPSA) is 208 Å². The van der Waals surface area contributed by atoms with Crippen molar-refractivity contribution >= 4 is 29.2 Å². The van der Waals surface area contributed by atoms with E-state index >= 15 is 0 Å². The lowest BCUT2D eigenvalue weighted by atomic mass is 10.0. The molecule has 14 heteroatoms. The number of nitrogens with two attached hydrogens (primary N) is 2. The van der Waals surface area contributed by atoms with Gasteiger partial charge in [0.15, 0.2) is 23.0 Å². The molecule has 3 rings (SSSR count). The molecule has 0 aliphatic carbocycles. The Morgan fingerprint density at radius 3 is 2.64 bits per heavy atom. The summed E-state index contributed by atoms with van der Waals surface area (Å²) in [6.45, 7) is 4.40. The maximum Gasteiger partial charge on any atom is 0.301 e. The minimum atomic E-state index is -1.36. The highest BCUT2D eigenvalue weighted by Crippen LogP contribution is 2.18. The first-order valence-electron chi connectivity index (χ1n) is 14.0. The Hall–Kier alpha value is -2.91. The predicted octanol–water partition coefficient (Wildman–Crippen LogP) is 1.13. The standard InChI is InChI=1S/C28H41ClN6O7/c1-16-26(29)35-23(27(31)33-16)28(39)34-22(30)7-5-3-4-6-18-8-10-19(11-9-18)40-13-12-32-14-20(36)24(37)25(38)21-15-41-17(2)42-21/h8-11,17,20-21,24-25,32,36-38H,3-7,12-15H2,1-2H3,(H2,31,33)(H2,30,34,39)/t17-,20+,21-,24-,25-/m1/s1. The largest absolute Gasteiger partial charge is 0.492 e. The summed E-state index contributed by atoms with van der Waals surface area (Å²) >= 11 is 5.93. The molecule has 1 aliphatic heterocycles. The molecule has 1 fully saturated rings. The molecule has 0 radical (unpaired) electrons. The fraction of sp³-hybridized carbons (Fsp3) is 0.571. The van der Waals surface area contributed by atoms with Crippen LogP contribution >= 0.6 is 11.6 Å². The summed E-state index contributed by atoms with van der Waals surface area (Å²) in [6, 6.07) is 7.81. The van der Waals surface area contributed by atoms with Crippen LogP contribution in [0.2, 0.25) is 5.15 Å². The molecule has 1 saturated heterocycles. The van der Waals surface area contributed by atoms with Crippen molar-refractivity contribution in [3.63, 3.8) is 0 Å². The number of anilines is 1. The lowest BCUT2D eigenvalue weighted by Crippen LogP contribution is -2.49. The number of amidine groups is 1. The normalized spacial score (nSPS) is 19.4. The second kappa shape index (κ2) is 16.7. The third-order valence-corrected chi connectivity index (χ3v) is 7.05. The highest BCUT2D eigenvalue weighted by atomic mass is 35.5. The molecule has 1 aromatic carbocycles. The number of nitrogens with one attached hydrogen (secondary N) is 1. The molecule has 0 unspecified atom stereocenters. The Morgan fingerprint density at radius 1 is 1.21 bits per heavy atom. The van der Waals surface area contributed by atoms with E-state index in [0.29, 0.717) is 25.3 Å². The molecule has 5 atom stereocenters. The summed E-state index contributed by atoms with van der Waals surface area (Å²) in [6.07, 6.45) is -0.913. The number of carbonyl (C=O) groups is 1. The summed E-state index contributed by atoms with van der Waals surface area (Å²) in [5.41, 5.74) is 13.2. The molecule has 2 heterocycles. The van der Waals surface area contributed by atoms with Crippen molar-refractivity contribution in [3.8, 4) is 5.75 Å². The van der Waals surface area contributed by atoms with Crippen molar-refractivity contribution in [1.82, 2.24) is 15.3 Å². The van der Waals surface area contributed by atoms with Gasteiger partial charge in [-0.15, -0.1) is 0 Å². The van der Waals surface area contributed by atoms with E-state index in [1.807, 2.05) is 24.3 Å². The van der Waals surface area contributed by atoms with Gasteiger partial charge in [-0.2, -0.15) is 4.99 Å². The molecule has 0 spiro atoms. The number of unbranched alkanes of at least 4 members (excludes halogenated alkanes) is 2. The number of halogens is 1. The van der Waals surface area contributed by atoms with E-state index in [2.05, 4.69) is 20.3 Å². The van der Waals surface area contributed by atoms with Crippen molar-refractivity contribution in [2.75, 3.05) is 32.0 Å². The van der Waals surface area contributed by atoms with Gasteiger partial charge in [0.2, 0.25) is 0 Å². The molecule has 232 valence electrons. The molecule has 1 aromatic heterocycles.